The Hall–Kier alpha value is -2.77. The number of imidazole rings is 1. The summed E-state index contributed by atoms with van der Waals surface area (Å²) in [4.78, 5) is 16.6. The number of nitrogens with zero attached hydrogens (tertiary/aromatic N) is 5. The van der Waals surface area contributed by atoms with E-state index in [4.69, 9.17) is 9.97 Å². The molecule has 1 saturated carbocycles. The predicted molar refractivity (Wildman–Crippen MR) is 135 cm³/mol. The van der Waals surface area contributed by atoms with Crippen molar-refractivity contribution in [3.63, 3.8) is 0 Å². The zero-order valence-electron chi connectivity index (χ0n) is 20.2. The van der Waals surface area contributed by atoms with Crippen LogP contribution < -0.4 is 5.32 Å². The Labute approximate surface area is 202 Å². The van der Waals surface area contributed by atoms with E-state index >= 15 is 0 Å². The van der Waals surface area contributed by atoms with E-state index in [0.717, 1.165) is 54.7 Å². The maximum Gasteiger partial charge on any atom is 0.227 e. The molecule has 34 heavy (non-hydrogen) atoms. The first-order chi connectivity index (χ1) is 16.7. The van der Waals surface area contributed by atoms with Crippen LogP contribution >= 0.6 is 0 Å². The van der Waals surface area contributed by atoms with Crippen molar-refractivity contribution in [2.45, 2.75) is 64.8 Å². The highest BCUT2D eigenvalue weighted by Gasteiger charge is 2.23. The second kappa shape index (κ2) is 10.7. The Morgan fingerprint density at radius 1 is 1.09 bits per heavy atom. The third kappa shape index (κ3) is 5.31. The number of β-amino-alcohol motifs (C(OH)–C–C–N with tert-alkyl or cyclic N) is 1. The molecule has 5 rings (SSSR count). The lowest BCUT2D eigenvalue weighted by Crippen LogP contribution is -2.34. The summed E-state index contributed by atoms with van der Waals surface area (Å²) in [5.41, 5.74) is 5.70. The van der Waals surface area contributed by atoms with E-state index in [9.17, 15) is 5.11 Å². The molecule has 7 heteroatoms. The fourth-order valence-electron chi connectivity index (χ4n) is 5.44. The van der Waals surface area contributed by atoms with Crippen molar-refractivity contribution in [3.05, 3.63) is 59.4 Å². The number of rotatable bonds is 8. The number of aromatic nitrogens is 4. The van der Waals surface area contributed by atoms with Crippen LogP contribution in [0.3, 0.4) is 0 Å². The minimum atomic E-state index is 0.196. The van der Waals surface area contributed by atoms with Gasteiger partial charge in [0, 0.05) is 55.4 Å². The van der Waals surface area contributed by atoms with Crippen LogP contribution in [-0.2, 0) is 19.4 Å². The second-order valence-corrected chi connectivity index (χ2v) is 9.73. The van der Waals surface area contributed by atoms with Crippen LogP contribution in [0.4, 0.5) is 11.6 Å². The van der Waals surface area contributed by atoms with Gasteiger partial charge in [-0.05, 0) is 49.9 Å². The molecule has 0 amide bonds. The molecule has 3 aromatic rings. The smallest absolute Gasteiger partial charge is 0.227 e. The predicted octanol–water partition coefficient (Wildman–Crippen LogP) is 4.58. The first-order valence-corrected chi connectivity index (χ1v) is 12.8. The minimum absolute atomic E-state index is 0.196. The van der Waals surface area contributed by atoms with Crippen molar-refractivity contribution in [1.82, 2.24) is 24.4 Å². The van der Waals surface area contributed by atoms with Crippen molar-refractivity contribution < 1.29 is 5.11 Å². The average Bonchev–Trinajstić information content (AvgIpc) is 3.30. The van der Waals surface area contributed by atoms with Gasteiger partial charge in [-0.2, -0.15) is 0 Å². The Kier molecular flexibility index (Phi) is 7.21. The monoisotopic (exact) mass is 460 g/mol. The zero-order chi connectivity index (χ0) is 23.3. The van der Waals surface area contributed by atoms with Gasteiger partial charge in [-0.1, -0.05) is 32.1 Å². The van der Waals surface area contributed by atoms with Crippen molar-refractivity contribution in [2.75, 3.05) is 25.0 Å². The van der Waals surface area contributed by atoms with E-state index in [1.54, 1.807) is 0 Å². The number of fused-ring (bicyclic) bond motifs is 1. The number of aliphatic hydroxyl groups is 1. The van der Waals surface area contributed by atoms with Crippen LogP contribution in [0.2, 0.25) is 0 Å². The lowest BCUT2D eigenvalue weighted by molar-refractivity contribution is 0.182. The maximum absolute atomic E-state index is 9.42. The number of benzene rings is 1. The Morgan fingerprint density at radius 3 is 2.65 bits per heavy atom. The van der Waals surface area contributed by atoms with Gasteiger partial charge in [-0.25, -0.2) is 15.0 Å². The van der Waals surface area contributed by atoms with Gasteiger partial charge in [0.25, 0.3) is 0 Å². The van der Waals surface area contributed by atoms with E-state index in [1.807, 2.05) is 19.3 Å². The summed E-state index contributed by atoms with van der Waals surface area (Å²) < 4.78 is 2.07. The molecule has 180 valence electrons. The van der Waals surface area contributed by atoms with Gasteiger partial charge >= 0.3 is 0 Å². The summed E-state index contributed by atoms with van der Waals surface area (Å²) >= 11 is 0. The Morgan fingerprint density at radius 2 is 1.91 bits per heavy atom. The minimum Gasteiger partial charge on any atom is -0.395 e. The summed E-state index contributed by atoms with van der Waals surface area (Å²) in [7, 11) is 0. The molecule has 1 aliphatic heterocycles. The summed E-state index contributed by atoms with van der Waals surface area (Å²) in [5, 5.41) is 12.9. The molecule has 1 fully saturated rings. The van der Waals surface area contributed by atoms with Gasteiger partial charge in [-0.15, -0.1) is 0 Å². The number of hydrogen-bond acceptors (Lipinski definition) is 6. The fourth-order valence-corrected chi connectivity index (χ4v) is 5.44. The lowest BCUT2D eigenvalue weighted by atomic mass is 9.85. The first kappa shape index (κ1) is 23.0. The van der Waals surface area contributed by atoms with E-state index in [0.29, 0.717) is 12.5 Å². The summed E-state index contributed by atoms with van der Waals surface area (Å²) in [5.74, 6) is 2.49. The molecule has 2 aliphatic rings. The first-order valence-electron chi connectivity index (χ1n) is 12.8. The number of anilines is 2. The molecule has 0 atom stereocenters. The van der Waals surface area contributed by atoms with E-state index in [-0.39, 0.29) is 6.61 Å². The maximum atomic E-state index is 9.42. The SMILES string of the molecule is Cc1nccn1-c1ccc(Nc2nc(CCC3CCCCC3)c3c(n2)CCN(CCO)C3)cc1. The molecule has 2 aromatic heterocycles. The number of aryl methyl sites for hydroxylation is 2. The fraction of sp³-hybridized carbons (Fsp3) is 0.519. The van der Waals surface area contributed by atoms with Gasteiger partial charge in [0.2, 0.25) is 5.95 Å². The third-order valence-electron chi connectivity index (χ3n) is 7.38. The van der Waals surface area contributed by atoms with Gasteiger partial charge in [0.1, 0.15) is 5.82 Å². The summed E-state index contributed by atoms with van der Waals surface area (Å²) in [6.07, 6.45) is 13.8. The third-order valence-corrected chi connectivity index (χ3v) is 7.38. The largest absolute Gasteiger partial charge is 0.395 e. The molecule has 1 aromatic carbocycles. The van der Waals surface area contributed by atoms with Crippen molar-refractivity contribution in [2.24, 2.45) is 5.92 Å². The topological polar surface area (TPSA) is 79.1 Å². The molecule has 0 spiro atoms. The molecule has 0 unspecified atom stereocenters. The number of nitrogens with one attached hydrogen (secondary N) is 1. The summed E-state index contributed by atoms with van der Waals surface area (Å²) in [6.45, 7) is 4.69. The zero-order valence-corrected chi connectivity index (χ0v) is 20.2. The molecule has 3 heterocycles. The average molecular weight is 461 g/mol. The van der Waals surface area contributed by atoms with Crippen LogP contribution in [0.1, 0.15) is 61.3 Å². The molecule has 0 saturated heterocycles. The highest BCUT2D eigenvalue weighted by atomic mass is 16.3. The molecule has 7 nitrogen and oxygen atoms in total. The highest BCUT2D eigenvalue weighted by Crippen LogP contribution is 2.30. The standard InChI is InChI=1S/C27H36N6O/c1-20-28-14-16-33(20)23-10-8-22(9-11-23)29-27-30-25(12-7-21-5-3-2-4-6-21)24-19-32(17-18-34)15-13-26(24)31-27/h8-11,14,16,21,34H,2-7,12-13,15,17-19H2,1H3,(H,29,30,31). The van der Waals surface area contributed by atoms with Gasteiger partial charge in [0.05, 0.1) is 18.0 Å². The van der Waals surface area contributed by atoms with Gasteiger partial charge < -0.3 is 15.0 Å². The number of hydrogen-bond donors (Lipinski definition) is 2. The Balaban J connectivity index is 1.36. The van der Waals surface area contributed by atoms with Gasteiger partial charge in [0.15, 0.2) is 0 Å². The molecule has 0 bridgehead atoms. The molecule has 0 radical (unpaired) electrons. The van der Waals surface area contributed by atoms with Crippen molar-refractivity contribution in [3.8, 4) is 5.69 Å². The van der Waals surface area contributed by atoms with Crippen LogP contribution in [0, 0.1) is 12.8 Å². The van der Waals surface area contributed by atoms with E-state index < -0.39 is 0 Å². The molecule has 2 N–H and O–H groups in total. The van der Waals surface area contributed by atoms with E-state index in [2.05, 4.69) is 44.0 Å². The van der Waals surface area contributed by atoms with Crippen molar-refractivity contribution >= 4 is 11.6 Å². The van der Waals surface area contributed by atoms with Crippen LogP contribution in [-0.4, -0.2) is 49.2 Å². The van der Waals surface area contributed by atoms with Gasteiger partial charge in [-0.3, -0.25) is 4.90 Å². The molecule has 1 aliphatic carbocycles. The van der Waals surface area contributed by atoms with Crippen LogP contribution in [0.5, 0.6) is 0 Å². The van der Waals surface area contributed by atoms with Crippen LogP contribution in [0.15, 0.2) is 36.7 Å². The normalized spacial score (nSPS) is 17.0. The van der Waals surface area contributed by atoms with Crippen molar-refractivity contribution in [1.29, 1.82) is 0 Å². The van der Waals surface area contributed by atoms with E-state index in [1.165, 1.54) is 49.8 Å². The number of aliphatic hydroxyl groups excluding tert-OH is 1. The second-order valence-electron chi connectivity index (χ2n) is 9.73. The van der Waals surface area contributed by atoms with Crippen LogP contribution in [0.25, 0.3) is 5.69 Å². The molecular weight excluding hydrogens is 424 g/mol. The Bertz CT molecular complexity index is 1090. The quantitative estimate of drug-likeness (QED) is 0.512. The lowest BCUT2D eigenvalue weighted by Gasteiger charge is -2.29. The molecular formula is C27H36N6O. The highest BCUT2D eigenvalue weighted by molar-refractivity contribution is 5.56. The summed E-state index contributed by atoms with van der Waals surface area (Å²) in [6, 6.07) is 8.32.